The van der Waals surface area contributed by atoms with E-state index >= 15 is 0 Å². The van der Waals surface area contributed by atoms with Gasteiger partial charge >= 0.3 is 5.97 Å². The van der Waals surface area contributed by atoms with E-state index in [1.807, 2.05) is 0 Å². The van der Waals surface area contributed by atoms with E-state index in [1.165, 1.54) is 6.07 Å². The van der Waals surface area contributed by atoms with Crippen molar-refractivity contribution in [1.29, 1.82) is 0 Å². The van der Waals surface area contributed by atoms with Crippen molar-refractivity contribution in [3.8, 4) is 12.3 Å². The SMILES string of the molecule is C#CCNC(=O)COC(=O)Cc1ccc(Cl)cc1Cl. The fourth-order valence-electron chi connectivity index (χ4n) is 1.22. The van der Waals surface area contributed by atoms with E-state index in [9.17, 15) is 9.59 Å². The largest absolute Gasteiger partial charge is 0.455 e. The first-order valence-corrected chi connectivity index (χ1v) is 6.08. The Morgan fingerprint density at radius 2 is 2.11 bits per heavy atom. The van der Waals surface area contributed by atoms with Crippen LogP contribution < -0.4 is 5.32 Å². The molecule has 0 saturated heterocycles. The molecular formula is C13H11Cl2NO3. The molecule has 0 fully saturated rings. The summed E-state index contributed by atoms with van der Waals surface area (Å²) in [7, 11) is 0. The molecule has 0 heterocycles. The molecule has 0 radical (unpaired) electrons. The van der Waals surface area contributed by atoms with Gasteiger partial charge in [-0.1, -0.05) is 35.2 Å². The zero-order chi connectivity index (χ0) is 14.3. The third-order valence-electron chi connectivity index (χ3n) is 2.10. The van der Waals surface area contributed by atoms with Crippen LogP contribution in [-0.2, 0) is 20.7 Å². The number of hydrogen-bond donors (Lipinski definition) is 1. The predicted molar refractivity (Wildman–Crippen MR) is 73.0 cm³/mol. The van der Waals surface area contributed by atoms with Gasteiger partial charge in [-0.15, -0.1) is 6.42 Å². The van der Waals surface area contributed by atoms with Gasteiger partial charge in [-0.3, -0.25) is 9.59 Å². The molecule has 1 rings (SSSR count). The number of terminal acetylenes is 1. The van der Waals surface area contributed by atoms with Crippen LogP contribution in [0.15, 0.2) is 18.2 Å². The maximum atomic E-state index is 11.5. The molecule has 0 atom stereocenters. The predicted octanol–water partition coefficient (Wildman–Crippen LogP) is 1.83. The van der Waals surface area contributed by atoms with Gasteiger partial charge in [-0.25, -0.2) is 0 Å². The minimum atomic E-state index is -0.555. The molecule has 0 aromatic heterocycles. The van der Waals surface area contributed by atoms with Crippen molar-refractivity contribution in [2.45, 2.75) is 6.42 Å². The van der Waals surface area contributed by atoms with Gasteiger partial charge in [0, 0.05) is 10.0 Å². The molecule has 1 N–H and O–H groups in total. The van der Waals surface area contributed by atoms with Gasteiger partial charge in [0.15, 0.2) is 6.61 Å². The number of carbonyl (C=O) groups is 2. The monoisotopic (exact) mass is 299 g/mol. The quantitative estimate of drug-likeness (QED) is 0.667. The smallest absolute Gasteiger partial charge is 0.310 e. The third kappa shape index (κ3) is 5.64. The molecular weight excluding hydrogens is 289 g/mol. The van der Waals surface area contributed by atoms with E-state index in [-0.39, 0.29) is 19.6 Å². The maximum Gasteiger partial charge on any atom is 0.310 e. The van der Waals surface area contributed by atoms with E-state index < -0.39 is 11.9 Å². The van der Waals surface area contributed by atoms with Gasteiger partial charge in [0.05, 0.1) is 13.0 Å². The van der Waals surface area contributed by atoms with Crippen LogP contribution in [0.25, 0.3) is 0 Å². The first-order valence-electron chi connectivity index (χ1n) is 5.32. The van der Waals surface area contributed by atoms with Crippen LogP contribution in [0.2, 0.25) is 10.0 Å². The van der Waals surface area contributed by atoms with Crippen LogP contribution in [0.1, 0.15) is 5.56 Å². The fourth-order valence-corrected chi connectivity index (χ4v) is 1.69. The van der Waals surface area contributed by atoms with Crippen molar-refractivity contribution in [3.05, 3.63) is 33.8 Å². The van der Waals surface area contributed by atoms with E-state index in [4.69, 9.17) is 34.4 Å². The van der Waals surface area contributed by atoms with Crippen molar-refractivity contribution in [3.63, 3.8) is 0 Å². The summed E-state index contributed by atoms with van der Waals surface area (Å²) in [5, 5.41) is 3.23. The first kappa shape index (κ1) is 15.4. The van der Waals surface area contributed by atoms with Crippen LogP contribution in [0.3, 0.4) is 0 Å². The molecule has 0 bridgehead atoms. The molecule has 6 heteroatoms. The average molecular weight is 300 g/mol. The second-order valence-electron chi connectivity index (χ2n) is 3.55. The van der Waals surface area contributed by atoms with Gasteiger partial charge in [-0.05, 0) is 17.7 Å². The molecule has 0 spiro atoms. The molecule has 19 heavy (non-hydrogen) atoms. The number of esters is 1. The van der Waals surface area contributed by atoms with Crippen LogP contribution in [0.4, 0.5) is 0 Å². The molecule has 0 aliphatic rings. The average Bonchev–Trinajstić information content (AvgIpc) is 2.37. The van der Waals surface area contributed by atoms with Crippen molar-refractivity contribution >= 4 is 35.1 Å². The van der Waals surface area contributed by atoms with Gasteiger partial charge in [0.25, 0.3) is 5.91 Å². The number of rotatable bonds is 5. The molecule has 0 aliphatic heterocycles. The number of nitrogens with one attached hydrogen (secondary N) is 1. The molecule has 4 nitrogen and oxygen atoms in total. The number of ether oxygens (including phenoxy) is 1. The summed E-state index contributed by atoms with van der Waals surface area (Å²) in [5.74, 6) is 1.23. The summed E-state index contributed by atoms with van der Waals surface area (Å²) in [4.78, 5) is 22.6. The van der Waals surface area contributed by atoms with Crippen molar-refractivity contribution in [1.82, 2.24) is 5.32 Å². The van der Waals surface area contributed by atoms with Crippen LogP contribution >= 0.6 is 23.2 Å². The maximum absolute atomic E-state index is 11.5. The summed E-state index contributed by atoms with van der Waals surface area (Å²) in [6.45, 7) is -0.273. The minimum Gasteiger partial charge on any atom is -0.455 e. The highest BCUT2D eigenvalue weighted by molar-refractivity contribution is 6.35. The molecule has 1 aromatic rings. The van der Waals surface area contributed by atoms with E-state index in [2.05, 4.69) is 11.2 Å². The number of benzene rings is 1. The zero-order valence-electron chi connectivity index (χ0n) is 9.91. The second kappa shape index (κ2) is 7.67. The van der Waals surface area contributed by atoms with Crippen LogP contribution in [-0.4, -0.2) is 25.0 Å². The van der Waals surface area contributed by atoms with E-state index in [0.717, 1.165) is 0 Å². The Hall–Kier alpha value is -1.70. The Labute approximate surface area is 121 Å². The zero-order valence-corrected chi connectivity index (χ0v) is 11.4. The molecule has 0 aliphatic carbocycles. The molecule has 1 amide bonds. The molecule has 0 saturated carbocycles. The lowest BCUT2D eigenvalue weighted by Crippen LogP contribution is -2.29. The van der Waals surface area contributed by atoms with Crippen molar-refractivity contribution in [2.75, 3.05) is 13.2 Å². The van der Waals surface area contributed by atoms with Crippen molar-refractivity contribution in [2.24, 2.45) is 0 Å². The first-order chi connectivity index (χ1) is 9.02. The minimum absolute atomic E-state index is 0.0293. The van der Waals surface area contributed by atoms with Crippen LogP contribution in [0.5, 0.6) is 0 Å². The van der Waals surface area contributed by atoms with Gasteiger partial charge in [-0.2, -0.15) is 0 Å². The Morgan fingerprint density at radius 3 is 2.74 bits per heavy atom. The Morgan fingerprint density at radius 1 is 1.37 bits per heavy atom. The summed E-state index contributed by atoms with van der Waals surface area (Å²) in [6, 6.07) is 4.78. The summed E-state index contributed by atoms with van der Waals surface area (Å²) >= 11 is 11.6. The van der Waals surface area contributed by atoms with Gasteiger partial charge < -0.3 is 10.1 Å². The normalized spacial score (nSPS) is 9.53. The molecule has 0 unspecified atom stereocenters. The third-order valence-corrected chi connectivity index (χ3v) is 2.69. The molecule has 1 aromatic carbocycles. The summed E-state index contributed by atoms with van der Waals surface area (Å²) in [5.41, 5.74) is 0.583. The number of carbonyl (C=O) groups excluding carboxylic acids is 2. The topological polar surface area (TPSA) is 55.4 Å². The summed E-state index contributed by atoms with van der Waals surface area (Å²) in [6.07, 6.45) is 4.94. The highest BCUT2D eigenvalue weighted by Gasteiger charge is 2.10. The Balaban J connectivity index is 2.43. The number of hydrogen-bond acceptors (Lipinski definition) is 3. The van der Waals surface area contributed by atoms with Gasteiger partial charge in [0.2, 0.25) is 0 Å². The van der Waals surface area contributed by atoms with Crippen molar-refractivity contribution < 1.29 is 14.3 Å². The number of amides is 1. The lowest BCUT2D eigenvalue weighted by atomic mass is 10.1. The Kier molecular flexibility index (Phi) is 6.20. The standard InChI is InChI=1S/C13H11Cl2NO3/c1-2-5-16-12(17)8-19-13(18)6-9-3-4-10(14)7-11(9)15/h1,3-4,7H,5-6,8H2,(H,16,17). The van der Waals surface area contributed by atoms with E-state index in [1.54, 1.807) is 12.1 Å². The van der Waals surface area contributed by atoms with Gasteiger partial charge in [0.1, 0.15) is 0 Å². The number of halogens is 2. The fraction of sp³-hybridized carbons (Fsp3) is 0.231. The lowest BCUT2D eigenvalue weighted by molar-refractivity contribution is -0.147. The highest BCUT2D eigenvalue weighted by atomic mass is 35.5. The summed E-state index contributed by atoms with van der Waals surface area (Å²) < 4.78 is 4.78. The Bertz CT molecular complexity index is 523. The van der Waals surface area contributed by atoms with Crippen LogP contribution in [0, 0.1) is 12.3 Å². The lowest BCUT2D eigenvalue weighted by Gasteiger charge is -2.06. The second-order valence-corrected chi connectivity index (χ2v) is 4.40. The highest BCUT2D eigenvalue weighted by Crippen LogP contribution is 2.21. The van der Waals surface area contributed by atoms with E-state index in [0.29, 0.717) is 15.6 Å². The molecule has 100 valence electrons.